The van der Waals surface area contributed by atoms with Gasteiger partial charge in [0.2, 0.25) is 5.91 Å². The Hall–Kier alpha value is -1.99. The van der Waals surface area contributed by atoms with Gasteiger partial charge < -0.3 is 19.7 Å². The first-order valence-corrected chi connectivity index (χ1v) is 9.27. The summed E-state index contributed by atoms with van der Waals surface area (Å²) in [6.45, 7) is 6.70. The minimum absolute atomic E-state index is 0.188. The second-order valence-electron chi connectivity index (χ2n) is 7.28. The minimum atomic E-state index is -0.750. The summed E-state index contributed by atoms with van der Waals surface area (Å²) in [4.78, 5) is 31.3. The number of unbranched alkanes of at least 4 members (excludes halogenated alkanes) is 2. The van der Waals surface area contributed by atoms with Crippen LogP contribution in [-0.4, -0.2) is 58.8 Å². The van der Waals surface area contributed by atoms with Gasteiger partial charge in [0.15, 0.2) is 5.79 Å². The number of nitrogens with zero attached hydrogens (tertiary/aromatic N) is 2. The van der Waals surface area contributed by atoms with Gasteiger partial charge in [0.1, 0.15) is 18.2 Å². The Morgan fingerprint density at radius 1 is 1.35 bits per heavy atom. The maximum atomic E-state index is 12.9. The molecule has 2 fully saturated rings. The van der Waals surface area contributed by atoms with Gasteiger partial charge in [-0.25, -0.2) is 0 Å². The predicted octanol–water partition coefficient (Wildman–Crippen LogP) is 1.73. The van der Waals surface area contributed by atoms with Crippen LogP contribution in [-0.2, 0) is 14.3 Å². The van der Waals surface area contributed by atoms with Crippen LogP contribution in [0.2, 0.25) is 0 Å². The van der Waals surface area contributed by atoms with Gasteiger partial charge in [0.05, 0.1) is 12.1 Å². The molecule has 0 aromatic carbocycles. The van der Waals surface area contributed by atoms with E-state index >= 15 is 0 Å². The molecule has 1 aromatic heterocycles. The third-order valence-corrected chi connectivity index (χ3v) is 4.76. The van der Waals surface area contributed by atoms with Crippen LogP contribution in [0.5, 0.6) is 0 Å². The van der Waals surface area contributed by atoms with Crippen molar-refractivity contribution in [3.8, 4) is 0 Å². The number of hydrogen-bond donors (Lipinski definition) is 1. The summed E-state index contributed by atoms with van der Waals surface area (Å²) in [7, 11) is 0. The van der Waals surface area contributed by atoms with E-state index in [9.17, 15) is 9.59 Å². The molecule has 2 amide bonds. The molecule has 0 bridgehead atoms. The van der Waals surface area contributed by atoms with Crippen molar-refractivity contribution in [3.05, 3.63) is 30.1 Å². The molecule has 3 rings (SSSR count). The van der Waals surface area contributed by atoms with E-state index in [2.05, 4.69) is 17.2 Å². The Morgan fingerprint density at radius 2 is 2.15 bits per heavy atom. The van der Waals surface area contributed by atoms with Crippen LogP contribution in [0.3, 0.4) is 0 Å². The van der Waals surface area contributed by atoms with Gasteiger partial charge in [-0.05, 0) is 32.4 Å². The molecule has 3 heterocycles. The number of carbonyl (C=O) groups excluding carboxylic acids is 2. The quantitative estimate of drug-likeness (QED) is 0.781. The summed E-state index contributed by atoms with van der Waals surface area (Å²) in [5.74, 6) is -1.17. The Bertz CT molecular complexity index is 649. The molecule has 0 spiro atoms. The normalized spacial score (nSPS) is 26.6. The lowest BCUT2D eigenvalue weighted by Crippen LogP contribution is -2.51. The monoisotopic (exact) mass is 361 g/mol. The van der Waals surface area contributed by atoms with Crippen molar-refractivity contribution in [1.82, 2.24) is 15.2 Å². The number of fused-ring (bicyclic) bond motifs is 1. The van der Waals surface area contributed by atoms with E-state index in [1.54, 1.807) is 23.2 Å². The maximum Gasteiger partial charge on any atom is 0.256 e. The van der Waals surface area contributed by atoms with E-state index in [0.717, 1.165) is 19.3 Å². The summed E-state index contributed by atoms with van der Waals surface area (Å²) in [5, 5.41) is 2.95. The molecule has 1 aromatic rings. The maximum absolute atomic E-state index is 12.9. The van der Waals surface area contributed by atoms with Crippen molar-refractivity contribution in [2.24, 2.45) is 0 Å². The molecule has 7 nitrogen and oxygen atoms in total. The number of ether oxygens (including phenoxy) is 2. The highest BCUT2D eigenvalue weighted by atomic mass is 16.8. The van der Waals surface area contributed by atoms with E-state index in [0.29, 0.717) is 18.7 Å². The number of carbonyl (C=O) groups is 2. The molecule has 2 aliphatic heterocycles. The second-order valence-corrected chi connectivity index (χ2v) is 7.28. The smallest absolute Gasteiger partial charge is 0.256 e. The zero-order chi connectivity index (χ0) is 18.7. The first kappa shape index (κ1) is 18.8. The first-order valence-electron chi connectivity index (χ1n) is 9.27. The fourth-order valence-electron chi connectivity index (χ4n) is 3.60. The molecule has 0 aliphatic carbocycles. The zero-order valence-corrected chi connectivity index (χ0v) is 15.6. The molecule has 3 atom stereocenters. The van der Waals surface area contributed by atoms with Crippen molar-refractivity contribution < 1.29 is 19.1 Å². The number of rotatable bonds is 6. The van der Waals surface area contributed by atoms with E-state index in [4.69, 9.17) is 9.47 Å². The third kappa shape index (κ3) is 3.88. The lowest BCUT2D eigenvalue weighted by molar-refractivity contribution is -0.162. The Balaban J connectivity index is 1.77. The fourth-order valence-corrected chi connectivity index (χ4v) is 3.60. The summed E-state index contributed by atoms with van der Waals surface area (Å²) in [5.41, 5.74) is 0.454. The molecule has 26 heavy (non-hydrogen) atoms. The molecular formula is C19H27N3O4. The lowest BCUT2D eigenvalue weighted by Gasteiger charge is -2.29. The highest BCUT2D eigenvalue weighted by molar-refractivity contribution is 5.98. The molecule has 1 N–H and O–H groups in total. The summed E-state index contributed by atoms with van der Waals surface area (Å²) in [6.07, 6.45) is 5.42. The zero-order valence-electron chi connectivity index (χ0n) is 15.6. The average Bonchev–Trinajstić information content (AvgIpc) is 3.10. The lowest BCUT2D eigenvalue weighted by atomic mass is 10.1. The van der Waals surface area contributed by atoms with Crippen LogP contribution in [0.4, 0.5) is 0 Å². The average molecular weight is 361 g/mol. The largest absolute Gasteiger partial charge is 0.354 e. The number of hydrogen-bond acceptors (Lipinski definition) is 5. The van der Waals surface area contributed by atoms with E-state index < -0.39 is 17.9 Å². The van der Waals surface area contributed by atoms with Crippen molar-refractivity contribution in [3.63, 3.8) is 0 Å². The van der Waals surface area contributed by atoms with Gasteiger partial charge in [-0.15, -0.1) is 0 Å². The number of nitrogens with one attached hydrogen (secondary N) is 1. The van der Waals surface area contributed by atoms with Crippen molar-refractivity contribution in [2.75, 3.05) is 13.1 Å². The van der Waals surface area contributed by atoms with Crippen LogP contribution in [0.15, 0.2) is 24.5 Å². The molecular weight excluding hydrogens is 334 g/mol. The standard InChI is InChI=1S/C19H27N3O4/c1-4-5-6-10-21-17(23)15-16-14(25-19(2,3)26-16)12-22(15)18(24)13-8-7-9-20-11-13/h7-9,11,14-16H,4-6,10,12H2,1-3H3,(H,21,23)/t14-,15-,16-/m0/s1. The van der Waals surface area contributed by atoms with Crippen molar-refractivity contribution >= 4 is 11.8 Å². The highest BCUT2D eigenvalue weighted by Gasteiger charge is 2.56. The third-order valence-electron chi connectivity index (χ3n) is 4.76. The van der Waals surface area contributed by atoms with Gasteiger partial charge in [0.25, 0.3) is 5.91 Å². The molecule has 2 aliphatic rings. The van der Waals surface area contributed by atoms with Gasteiger partial charge in [-0.2, -0.15) is 0 Å². The van der Waals surface area contributed by atoms with Crippen LogP contribution >= 0.6 is 0 Å². The summed E-state index contributed by atoms with van der Waals surface area (Å²) >= 11 is 0. The van der Waals surface area contributed by atoms with Crippen LogP contribution in [0.25, 0.3) is 0 Å². The molecule has 7 heteroatoms. The van der Waals surface area contributed by atoms with Gasteiger partial charge in [0, 0.05) is 18.9 Å². The fraction of sp³-hybridized carbons (Fsp3) is 0.632. The molecule has 2 saturated heterocycles. The predicted molar refractivity (Wildman–Crippen MR) is 95.4 cm³/mol. The Labute approximate surface area is 154 Å². The molecule has 0 unspecified atom stereocenters. The number of pyridine rings is 1. The van der Waals surface area contributed by atoms with Crippen LogP contribution in [0.1, 0.15) is 50.4 Å². The topological polar surface area (TPSA) is 80.8 Å². The second kappa shape index (κ2) is 7.72. The van der Waals surface area contributed by atoms with Gasteiger partial charge in [-0.1, -0.05) is 19.8 Å². The minimum Gasteiger partial charge on any atom is -0.354 e. The van der Waals surface area contributed by atoms with Crippen LogP contribution < -0.4 is 5.32 Å². The number of likely N-dealkylation sites (tertiary alicyclic amines) is 1. The van der Waals surface area contributed by atoms with Crippen molar-refractivity contribution in [2.45, 2.75) is 64.1 Å². The van der Waals surface area contributed by atoms with E-state index in [-0.39, 0.29) is 17.9 Å². The highest BCUT2D eigenvalue weighted by Crippen LogP contribution is 2.37. The molecule has 142 valence electrons. The SMILES string of the molecule is CCCCCNC(=O)[C@@H]1[C@H]2OC(C)(C)O[C@H]2CN1C(=O)c1cccnc1. The number of aromatic nitrogens is 1. The van der Waals surface area contributed by atoms with Gasteiger partial charge >= 0.3 is 0 Å². The Morgan fingerprint density at radius 3 is 2.85 bits per heavy atom. The van der Waals surface area contributed by atoms with Crippen LogP contribution in [0, 0.1) is 0 Å². The summed E-state index contributed by atoms with van der Waals surface area (Å²) in [6, 6.07) is 2.71. The first-order chi connectivity index (χ1) is 12.4. The van der Waals surface area contributed by atoms with E-state index in [1.807, 2.05) is 13.8 Å². The Kier molecular flexibility index (Phi) is 5.58. The molecule has 0 saturated carbocycles. The number of amides is 2. The van der Waals surface area contributed by atoms with E-state index in [1.165, 1.54) is 6.20 Å². The molecule has 0 radical (unpaired) electrons. The van der Waals surface area contributed by atoms with Crippen molar-refractivity contribution in [1.29, 1.82) is 0 Å². The summed E-state index contributed by atoms with van der Waals surface area (Å²) < 4.78 is 11.9. The van der Waals surface area contributed by atoms with Gasteiger partial charge in [-0.3, -0.25) is 14.6 Å².